The van der Waals surface area contributed by atoms with Gasteiger partial charge in [0.15, 0.2) is 5.82 Å². The van der Waals surface area contributed by atoms with Crippen LogP contribution >= 0.6 is 0 Å². The van der Waals surface area contributed by atoms with Crippen molar-refractivity contribution < 1.29 is 13.6 Å². The normalized spacial score (nSPS) is 9.44. The number of hydrogen-bond acceptors (Lipinski definition) is 2. The summed E-state index contributed by atoms with van der Waals surface area (Å²) in [6.07, 6.45) is 1.06. The van der Waals surface area contributed by atoms with Crippen molar-refractivity contribution in [3.05, 3.63) is 23.9 Å². The Morgan fingerprint density at radius 2 is 2.44 bits per heavy atom. The Hall–Kier alpha value is -1.32. The van der Waals surface area contributed by atoms with E-state index < -0.39 is 17.5 Å². The standard InChI is InChI=1S/C5H4FNO2/c6-3-1-2-9-4(3)5(7)8/h1-2H,(H2,7,8). The Morgan fingerprint density at radius 3 is 2.67 bits per heavy atom. The smallest absolute Gasteiger partial charge is 0.287 e. The first-order valence-electron chi connectivity index (χ1n) is 2.24. The molecule has 0 aliphatic heterocycles. The van der Waals surface area contributed by atoms with Crippen LogP contribution in [-0.2, 0) is 0 Å². The molecule has 1 aromatic rings. The maximum atomic E-state index is 12.2. The molecule has 4 heteroatoms. The molecule has 0 fully saturated rings. The van der Waals surface area contributed by atoms with E-state index in [0.29, 0.717) is 0 Å². The predicted octanol–water partition coefficient (Wildman–Crippen LogP) is 0.518. The zero-order chi connectivity index (χ0) is 6.85. The molecule has 0 aromatic carbocycles. The molecule has 9 heavy (non-hydrogen) atoms. The van der Waals surface area contributed by atoms with Gasteiger partial charge >= 0.3 is 0 Å². The lowest BCUT2D eigenvalue weighted by atomic mass is 10.4. The molecule has 0 atom stereocenters. The van der Waals surface area contributed by atoms with Crippen molar-refractivity contribution in [3.63, 3.8) is 0 Å². The van der Waals surface area contributed by atoms with Gasteiger partial charge in [-0.1, -0.05) is 0 Å². The molecule has 0 saturated heterocycles. The lowest BCUT2D eigenvalue weighted by molar-refractivity contribution is 0.0968. The fraction of sp³-hybridized carbons (Fsp3) is 0. The second-order valence-electron chi connectivity index (χ2n) is 1.46. The summed E-state index contributed by atoms with van der Waals surface area (Å²) < 4.78 is 16.6. The Balaban J connectivity index is 3.08. The topological polar surface area (TPSA) is 56.2 Å². The Morgan fingerprint density at radius 1 is 1.78 bits per heavy atom. The number of rotatable bonds is 1. The molecule has 0 aliphatic rings. The molecule has 2 N–H and O–H groups in total. The average Bonchev–Trinajstić information content (AvgIpc) is 2.13. The van der Waals surface area contributed by atoms with Gasteiger partial charge in [0.2, 0.25) is 5.76 Å². The highest BCUT2D eigenvalue weighted by Crippen LogP contribution is 2.05. The monoisotopic (exact) mass is 129 g/mol. The summed E-state index contributed by atoms with van der Waals surface area (Å²) in [5.74, 6) is -2.03. The fourth-order valence-electron chi connectivity index (χ4n) is 0.470. The molecule has 0 spiro atoms. The van der Waals surface area contributed by atoms with Crippen LogP contribution in [0.3, 0.4) is 0 Å². The summed E-state index contributed by atoms with van der Waals surface area (Å²) in [7, 11) is 0. The van der Waals surface area contributed by atoms with Gasteiger partial charge in [-0.25, -0.2) is 4.39 Å². The molecule has 48 valence electrons. The molecular formula is C5H4FNO2. The van der Waals surface area contributed by atoms with E-state index in [1.807, 2.05) is 0 Å². The highest BCUT2D eigenvalue weighted by Gasteiger charge is 2.09. The van der Waals surface area contributed by atoms with E-state index >= 15 is 0 Å². The second-order valence-corrected chi connectivity index (χ2v) is 1.46. The lowest BCUT2D eigenvalue weighted by Crippen LogP contribution is -2.10. The van der Waals surface area contributed by atoms with Gasteiger partial charge in [0, 0.05) is 6.07 Å². The summed E-state index contributed by atoms with van der Waals surface area (Å²) >= 11 is 0. The van der Waals surface area contributed by atoms with Crippen LogP contribution in [0.2, 0.25) is 0 Å². The van der Waals surface area contributed by atoms with E-state index in [1.165, 1.54) is 0 Å². The van der Waals surface area contributed by atoms with Gasteiger partial charge in [0.05, 0.1) is 6.26 Å². The molecule has 1 heterocycles. The van der Waals surface area contributed by atoms with E-state index in [4.69, 9.17) is 0 Å². The SMILES string of the molecule is NC(=O)c1occc1F. The largest absolute Gasteiger partial charge is 0.456 e. The van der Waals surface area contributed by atoms with Gasteiger partial charge in [0.1, 0.15) is 0 Å². The molecule has 0 bridgehead atoms. The Bertz CT molecular complexity index is 231. The first-order valence-corrected chi connectivity index (χ1v) is 2.24. The number of carbonyl (C=O) groups excluding carboxylic acids is 1. The zero-order valence-corrected chi connectivity index (χ0v) is 4.43. The average molecular weight is 129 g/mol. The molecule has 1 amide bonds. The van der Waals surface area contributed by atoms with Crippen molar-refractivity contribution in [1.82, 2.24) is 0 Å². The van der Waals surface area contributed by atoms with Crippen LogP contribution in [0.4, 0.5) is 4.39 Å². The summed E-state index contributed by atoms with van der Waals surface area (Å²) in [5, 5.41) is 0. The highest BCUT2D eigenvalue weighted by molar-refractivity contribution is 5.90. The minimum atomic E-state index is -0.891. The first kappa shape index (κ1) is 5.81. The maximum absolute atomic E-state index is 12.2. The number of amides is 1. The Kier molecular flexibility index (Phi) is 1.22. The first-order chi connectivity index (χ1) is 4.22. The number of nitrogens with two attached hydrogens (primary N) is 1. The van der Waals surface area contributed by atoms with Crippen LogP contribution in [0, 0.1) is 5.82 Å². The minimum absolute atomic E-state index is 0.421. The Labute approximate surface area is 50.3 Å². The molecule has 1 rings (SSSR count). The van der Waals surface area contributed by atoms with Gasteiger partial charge in [-0.05, 0) is 0 Å². The van der Waals surface area contributed by atoms with E-state index in [-0.39, 0.29) is 0 Å². The molecule has 0 unspecified atom stereocenters. The van der Waals surface area contributed by atoms with E-state index in [9.17, 15) is 9.18 Å². The van der Waals surface area contributed by atoms with E-state index in [0.717, 1.165) is 12.3 Å². The van der Waals surface area contributed by atoms with Crippen LogP contribution in [0.25, 0.3) is 0 Å². The van der Waals surface area contributed by atoms with Crippen LogP contribution in [0.15, 0.2) is 16.7 Å². The third-order valence-electron chi connectivity index (χ3n) is 0.841. The van der Waals surface area contributed by atoms with Gasteiger partial charge in [-0.3, -0.25) is 4.79 Å². The number of furan rings is 1. The quantitative estimate of drug-likeness (QED) is 0.600. The summed E-state index contributed by atoms with van der Waals surface area (Å²) in [6.45, 7) is 0. The molecule has 0 radical (unpaired) electrons. The fourth-order valence-corrected chi connectivity index (χ4v) is 0.470. The van der Waals surface area contributed by atoms with Crippen molar-refractivity contribution in [2.75, 3.05) is 0 Å². The van der Waals surface area contributed by atoms with Crippen molar-refractivity contribution in [1.29, 1.82) is 0 Å². The van der Waals surface area contributed by atoms with E-state index in [2.05, 4.69) is 10.2 Å². The van der Waals surface area contributed by atoms with Crippen LogP contribution in [-0.4, -0.2) is 5.91 Å². The van der Waals surface area contributed by atoms with Crippen molar-refractivity contribution in [3.8, 4) is 0 Å². The molecule has 0 aliphatic carbocycles. The van der Waals surface area contributed by atoms with Gasteiger partial charge in [-0.15, -0.1) is 0 Å². The van der Waals surface area contributed by atoms with Gasteiger partial charge in [0.25, 0.3) is 5.91 Å². The number of halogens is 1. The third-order valence-corrected chi connectivity index (χ3v) is 0.841. The molecule has 1 aromatic heterocycles. The van der Waals surface area contributed by atoms with Crippen LogP contribution in [0.1, 0.15) is 10.6 Å². The van der Waals surface area contributed by atoms with Gasteiger partial charge < -0.3 is 10.2 Å². The highest BCUT2D eigenvalue weighted by atomic mass is 19.1. The maximum Gasteiger partial charge on any atom is 0.287 e. The van der Waals surface area contributed by atoms with Crippen molar-refractivity contribution >= 4 is 5.91 Å². The third kappa shape index (κ3) is 0.910. The molecular weight excluding hydrogens is 125 g/mol. The van der Waals surface area contributed by atoms with Crippen LogP contribution < -0.4 is 5.73 Å². The predicted molar refractivity (Wildman–Crippen MR) is 27.2 cm³/mol. The summed E-state index contributed by atoms with van der Waals surface area (Å²) in [5.41, 5.74) is 4.69. The minimum Gasteiger partial charge on any atom is -0.456 e. The second kappa shape index (κ2) is 1.89. The summed E-state index contributed by atoms with van der Waals surface area (Å²) in [4.78, 5) is 10.2. The van der Waals surface area contributed by atoms with E-state index in [1.54, 1.807) is 0 Å². The zero-order valence-electron chi connectivity index (χ0n) is 4.43. The number of carbonyl (C=O) groups is 1. The van der Waals surface area contributed by atoms with Crippen molar-refractivity contribution in [2.24, 2.45) is 5.73 Å². The number of hydrogen-bond donors (Lipinski definition) is 1. The van der Waals surface area contributed by atoms with Gasteiger partial charge in [-0.2, -0.15) is 0 Å². The number of primary amides is 1. The van der Waals surface area contributed by atoms with Crippen molar-refractivity contribution in [2.45, 2.75) is 0 Å². The molecule has 0 saturated carbocycles. The van der Waals surface area contributed by atoms with Crippen LogP contribution in [0.5, 0.6) is 0 Å². The summed E-state index contributed by atoms with van der Waals surface area (Å²) in [6, 6.07) is 1.03. The lowest BCUT2D eigenvalue weighted by Gasteiger charge is -1.83. The molecule has 3 nitrogen and oxygen atoms in total.